The lowest BCUT2D eigenvalue weighted by atomic mass is 10.2. The molecule has 17 heavy (non-hydrogen) atoms. The number of rotatable bonds is 1. The van der Waals surface area contributed by atoms with E-state index in [9.17, 15) is 0 Å². The highest BCUT2D eigenvalue weighted by atomic mass is 35.5. The summed E-state index contributed by atoms with van der Waals surface area (Å²) in [6, 6.07) is 7.64. The summed E-state index contributed by atoms with van der Waals surface area (Å²) in [5, 5.41) is 6.08. The van der Waals surface area contributed by atoms with Crippen molar-refractivity contribution in [3.8, 4) is 0 Å². The summed E-state index contributed by atoms with van der Waals surface area (Å²) >= 11 is 11.9. The van der Waals surface area contributed by atoms with E-state index in [1.54, 1.807) is 4.52 Å². The Kier molecular flexibility index (Phi) is 2.45. The minimum Gasteiger partial charge on any atom is -0.232 e. The summed E-state index contributed by atoms with van der Waals surface area (Å²) < 4.78 is 1.78. The molecule has 0 aliphatic heterocycles. The van der Waals surface area contributed by atoms with Crippen molar-refractivity contribution in [2.24, 2.45) is 0 Å². The van der Waals surface area contributed by atoms with Crippen LogP contribution in [0.2, 0.25) is 5.02 Å². The molecule has 0 amide bonds. The van der Waals surface area contributed by atoms with E-state index in [0.717, 1.165) is 27.9 Å². The van der Waals surface area contributed by atoms with Crippen LogP contribution >= 0.6 is 23.2 Å². The van der Waals surface area contributed by atoms with Crippen LogP contribution in [-0.4, -0.2) is 14.6 Å². The Hall–Kier alpha value is -1.32. The molecule has 5 heteroatoms. The number of fused-ring (bicyclic) bond motifs is 3. The molecular weight excluding hydrogens is 257 g/mol. The fraction of sp³-hybridized carbons (Fsp3) is 0.167. The van der Waals surface area contributed by atoms with Gasteiger partial charge in [0.1, 0.15) is 5.82 Å². The second-order valence-corrected chi connectivity index (χ2v) is 4.61. The van der Waals surface area contributed by atoms with Crippen molar-refractivity contribution in [1.82, 2.24) is 14.6 Å². The highest BCUT2D eigenvalue weighted by Gasteiger charge is 2.09. The van der Waals surface area contributed by atoms with Gasteiger partial charge in [-0.3, -0.25) is 0 Å². The van der Waals surface area contributed by atoms with Crippen molar-refractivity contribution in [3.63, 3.8) is 0 Å². The summed E-state index contributed by atoms with van der Waals surface area (Å²) in [7, 11) is 0. The van der Waals surface area contributed by atoms with E-state index in [0.29, 0.717) is 10.9 Å². The molecule has 0 fully saturated rings. The Morgan fingerprint density at radius 2 is 2.12 bits per heavy atom. The van der Waals surface area contributed by atoms with Crippen molar-refractivity contribution < 1.29 is 0 Å². The average molecular weight is 266 g/mol. The summed E-state index contributed by atoms with van der Waals surface area (Å²) in [5.74, 6) is 1.07. The zero-order valence-corrected chi connectivity index (χ0v) is 10.6. The van der Waals surface area contributed by atoms with E-state index in [-0.39, 0.29) is 0 Å². The molecule has 0 bridgehead atoms. The molecule has 3 aromatic rings. The first-order valence-electron chi connectivity index (χ1n) is 5.19. The van der Waals surface area contributed by atoms with E-state index >= 15 is 0 Å². The molecule has 3 nitrogen and oxygen atoms in total. The van der Waals surface area contributed by atoms with Crippen molar-refractivity contribution in [1.29, 1.82) is 0 Å². The van der Waals surface area contributed by atoms with Gasteiger partial charge in [-0.05, 0) is 31.2 Å². The largest absolute Gasteiger partial charge is 0.232 e. The summed E-state index contributed by atoms with van der Waals surface area (Å²) in [4.78, 5) is 4.49. The number of aryl methyl sites for hydroxylation is 1. The normalized spacial score (nSPS) is 11.5. The minimum atomic E-state index is 0.330. The molecule has 0 saturated heterocycles. The standard InChI is InChI=1S/C12H9Cl2N3/c1-7-4-11-9-5-8(14)2-3-10(9)15-12(6-13)17(11)16-7/h2-5H,6H2,1H3. The SMILES string of the molecule is Cc1cc2c3cc(Cl)ccc3nc(CCl)n2n1. The van der Waals surface area contributed by atoms with Gasteiger partial charge in [0.2, 0.25) is 0 Å². The van der Waals surface area contributed by atoms with Gasteiger partial charge in [-0.2, -0.15) is 5.10 Å². The van der Waals surface area contributed by atoms with Crippen LogP contribution in [0.1, 0.15) is 11.5 Å². The topological polar surface area (TPSA) is 30.2 Å². The Bertz CT molecular complexity index is 718. The number of nitrogens with zero attached hydrogens (tertiary/aromatic N) is 3. The van der Waals surface area contributed by atoms with Gasteiger partial charge in [0.15, 0.2) is 0 Å². The van der Waals surface area contributed by atoms with Gasteiger partial charge in [-0.25, -0.2) is 9.50 Å². The zero-order valence-electron chi connectivity index (χ0n) is 9.11. The number of aromatic nitrogens is 3. The van der Waals surface area contributed by atoms with Crippen LogP contribution in [0.3, 0.4) is 0 Å². The Morgan fingerprint density at radius 1 is 1.29 bits per heavy atom. The molecule has 0 aliphatic carbocycles. The summed E-state index contributed by atoms with van der Waals surface area (Å²) in [6.07, 6.45) is 0. The Balaban J connectivity index is 2.54. The second-order valence-electron chi connectivity index (χ2n) is 3.91. The lowest BCUT2D eigenvalue weighted by Gasteiger charge is -2.05. The Morgan fingerprint density at radius 3 is 2.88 bits per heavy atom. The third-order valence-electron chi connectivity index (χ3n) is 2.68. The summed E-state index contributed by atoms with van der Waals surface area (Å²) in [5.41, 5.74) is 2.81. The lowest BCUT2D eigenvalue weighted by Crippen LogP contribution is -2.01. The molecule has 0 unspecified atom stereocenters. The lowest BCUT2D eigenvalue weighted by molar-refractivity contribution is 0.850. The highest BCUT2D eigenvalue weighted by molar-refractivity contribution is 6.31. The van der Waals surface area contributed by atoms with Crippen LogP contribution in [0.5, 0.6) is 0 Å². The molecule has 0 saturated carbocycles. The maximum atomic E-state index is 6.02. The van der Waals surface area contributed by atoms with Crippen molar-refractivity contribution in [2.75, 3.05) is 0 Å². The molecule has 1 aromatic carbocycles. The third kappa shape index (κ3) is 1.66. The molecule has 0 radical (unpaired) electrons. The molecule has 0 atom stereocenters. The second kappa shape index (κ2) is 3.86. The number of hydrogen-bond donors (Lipinski definition) is 0. The minimum absolute atomic E-state index is 0.330. The highest BCUT2D eigenvalue weighted by Crippen LogP contribution is 2.24. The first kappa shape index (κ1) is 10.8. The van der Waals surface area contributed by atoms with Gasteiger partial charge in [0.05, 0.1) is 22.6 Å². The van der Waals surface area contributed by atoms with Crippen LogP contribution in [0.25, 0.3) is 16.4 Å². The van der Waals surface area contributed by atoms with Gasteiger partial charge < -0.3 is 0 Å². The number of halogens is 2. The van der Waals surface area contributed by atoms with Crippen LogP contribution in [0.4, 0.5) is 0 Å². The van der Waals surface area contributed by atoms with Crippen molar-refractivity contribution in [2.45, 2.75) is 12.8 Å². The molecular formula is C12H9Cl2N3. The number of benzene rings is 1. The van der Waals surface area contributed by atoms with Gasteiger partial charge in [0.25, 0.3) is 0 Å². The average Bonchev–Trinajstić information content (AvgIpc) is 2.70. The molecule has 86 valence electrons. The van der Waals surface area contributed by atoms with Gasteiger partial charge >= 0.3 is 0 Å². The van der Waals surface area contributed by atoms with Crippen molar-refractivity contribution >= 4 is 39.6 Å². The van der Waals surface area contributed by atoms with E-state index < -0.39 is 0 Å². The van der Waals surface area contributed by atoms with E-state index in [4.69, 9.17) is 23.2 Å². The van der Waals surface area contributed by atoms with Crippen molar-refractivity contribution in [3.05, 3.63) is 40.8 Å². The van der Waals surface area contributed by atoms with E-state index in [1.807, 2.05) is 31.2 Å². The van der Waals surface area contributed by atoms with Crippen LogP contribution in [0, 0.1) is 6.92 Å². The van der Waals surface area contributed by atoms with E-state index in [1.165, 1.54) is 0 Å². The quantitative estimate of drug-likeness (QED) is 0.630. The van der Waals surface area contributed by atoms with Crippen LogP contribution in [0.15, 0.2) is 24.3 Å². The maximum absolute atomic E-state index is 6.02. The molecule has 0 spiro atoms. The molecule has 2 aromatic heterocycles. The molecule has 2 heterocycles. The zero-order chi connectivity index (χ0) is 12.0. The number of hydrogen-bond acceptors (Lipinski definition) is 2. The fourth-order valence-corrected chi connectivity index (χ4v) is 2.32. The predicted octanol–water partition coefficient (Wildman–Crippen LogP) is 3.58. The molecule has 0 N–H and O–H groups in total. The summed E-state index contributed by atoms with van der Waals surface area (Å²) in [6.45, 7) is 1.95. The predicted molar refractivity (Wildman–Crippen MR) is 69.8 cm³/mol. The monoisotopic (exact) mass is 265 g/mol. The number of alkyl halides is 1. The first-order chi connectivity index (χ1) is 8.19. The smallest absolute Gasteiger partial charge is 0.145 e. The van der Waals surface area contributed by atoms with Gasteiger partial charge in [-0.15, -0.1) is 11.6 Å². The van der Waals surface area contributed by atoms with Crippen LogP contribution < -0.4 is 0 Å². The Labute approximate surface area is 108 Å². The molecule has 0 aliphatic rings. The molecule has 3 rings (SSSR count). The van der Waals surface area contributed by atoms with Gasteiger partial charge in [0, 0.05) is 10.4 Å². The van der Waals surface area contributed by atoms with Crippen LogP contribution in [-0.2, 0) is 5.88 Å². The third-order valence-corrected chi connectivity index (χ3v) is 3.15. The van der Waals surface area contributed by atoms with Gasteiger partial charge in [-0.1, -0.05) is 11.6 Å². The fourth-order valence-electron chi connectivity index (χ4n) is 1.97. The van der Waals surface area contributed by atoms with E-state index in [2.05, 4.69) is 10.1 Å². The first-order valence-corrected chi connectivity index (χ1v) is 6.11. The maximum Gasteiger partial charge on any atom is 0.145 e.